The molecule has 0 amide bonds. The molecule has 3 aromatic rings. The highest BCUT2D eigenvalue weighted by atomic mass is 16.3. The normalized spacial score (nSPS) is 12.4. The Morgan fingerprint density at radius 2 is 1.65 bits per heavy atom. The van der Waals surface area contributed by atoms with Crippen LogP contribution < -0.4 is 0 Å². The molecule has 3 rings (SSSR count). The van der Waals surface area contributed by atoms with E-state index in [0.29, 0.717) is 12.8 Å². The van der Waals surface area contributed by atoms with Crippen molar-refractivity contribution in [2.24, 2.45) is 0 Å². The van der Waals surface area contributed by atoms with Crippen molar-refractivity contribution in [3.8, 4) is 0 Å². The lowest BCUT2D eigenvalue weighted by molar-refractivity contribution is 0.174. The molecule has 100 valence electrons. The zero-order valence-electron chi connectivity index (χ0n) is 11.2. The summed E-state index contributed by atoms with van der Waals surface area (Å²) < 4.78 is 0. The Morgan fingerprint density at radius 1 is 0.850 bits per heavy atom. The average molecular weight is 263 g/mol. The van der Waals surface area contributed by atoms with E-state index in [2.05, 4.69) is 35.3 Å². The van der Waals surface area contributed by atoms with E-state index in [0.717, 1.165) is 11.3 Å². The summed E-state index contributed by atoms with van der Waals surface area (Å²) in [5.41, 5.74) is 2.09. The lowest BCUT2D eigenvalue weighted by atomic mass is 10.0. The monoisotopic (exact) mass is 263 g/mol. The van der Waals surface area contributed by atoms with E-state index in [4.69, 9.17) is 0 Å². The van der Waals surface area contributed by atoms with Gasteiger partial charge in [-0.15, -0.1) is 0 Å². The summed E-state index contributed by atoms with van der Waals surface area (Å²) in [4.78, 5) is 4.25. The second-order valence-corrected chi connectivity index (χ2v) is 5.06. The third kappa shape index (κ3) is 3.03. The second-order valence-electron chi connectivity index (χ2n) is 5.06. The summed E-state index contributed by atoms with van der Waals surface area (Å²) in [5.74, 6) is 0. The quantitative estimate of drug-likeness (QED) is 0.782. The van der Waals surface area contributed by atoms with E-state index in [1.807, 2.05) is 30.3 Å². The minimum atomic E-state index is -0.397. The van der Waals surface area contributed by atoms with Gasteiger partial charge in [0.25, 0.3) is 0 Å². The third-order valence-electron chi connectivity index (χ3n) is 3.46. The fourth-order valence-electron chi connectivity index (χ4n) is 2.47. The Balaban J connectivity index is 1.72. The Hall–Kier alpha value is -2.19. The van der Waals surface area contributed by atoms with Crippen molar-refractivity contribution in [2.45, 2.75) is 18.9 Å². The van der Waals surface area contributed by atoms with Crippen LogP contribution in [0.25, 0.3) is 10.8 Å². The van der Waals surface area contributed by atoms with Crippen LogP contribution >= 0.6 is 0 Å². The first-order valence-corrected chi connectivity index (χ1v) is 6.87. The molecule has 0 radical (unpaired) electrons. The third-order valence-corrected chi connectivity index (χ3v) is 3.46. The molecule has 2 nitrogen and oxygen atoms in total. The van der Waals surface area contributed by atoms with Crippen LogP contribution in [-0.4, -0.2) is 16.2 Å². The van der Waals surface area contributed by atoms with Gasteiger partial charge >= 0.3 is 0 Å². The molecule has 0 spiro atoms. The molecule has 0 saturated heterocycles. The van der Waals surface area contributed by atoms with E-state index < -0.39 is 6.10 Å². The molecule has 1 atom stereocenters. The minimum absolute atomic E-state index is 0.397. The smallest absolute Gasteiger partial charge is 0.0635 e. The van der Waals surface area contributed by atoms with Gasteiger partial charge in [-0.25, -0.2) is 0 Å². The number of aliphatic hydroxyl groups excluding tert-OH is 1. The molecule has 0 saturated carbocycles. The fourth-order valence-corrected chi connectivity index (χ4v) is 2.47. The van der Waals surface area contributed by atoms with Gasteiger partial charge in [0.15, 0.2) is 0 Å². The number of aromatic nitrogens is 1. The summed E-state index contributed by atoms with van der Waals surface area (Å²) >= 11 is 0. The molecule has 0 aliphatic carbocycles. The second kappa shape index (κ2) is 5.85. The first-order chi connectivity index (χ1) is 9.81. The number of pyridine rings is 1. The number of aliphatic hydroxyl groups is 1. The van der Waals surface area contributed by atoms with Gasteiger partial charge in [-0.3, -0.25) is 4.98 Å². The first-order valence-electron chi connectivity index (χ1n) is 6.87. The Bertz CT molecular complexity index is 694. The number of fused-ring (bicyclic) bond motifs is 1. The summed E-state index contributed by atoms with van der Waals surface area (Å²) in [6.07, 6.45) is 2.61. The maximum atomic E-state index is 10.2. The van der Waals surface area contributed by atoms with Crippen LogP contribution in [0.1, 0.15) is 11.3 Å². The summed E-state index contributed by atoms with van der Waals surface area (Å²) in [6.45, 7) is 0. The van der Waals surface area contributed by atoms with Crippen molar-refractivity contribution >= 4 is 10.8 Å². The average Bonchev–Trinajstić information content (AvgIpc) is 2.48. The molecule has 0 aliphatic heterocycles. The minimum Gasteiger partial charge on any atom is -0.392 e. The topological polar surface area (TPSA) is 33.1 Å². The SMILES string of the molecule is OC(Cc1ccc2ccccc2c1)Cc1ccccn1. The fraction of sp³-hybridized carbons (Fsp3) is 0.167. The van der Waals surface area contributed by atoms with Gasteiger partial charge in [0.2, 0.25) is 0 Å². The van der Waals surface area contributed by atoms with Crippen molar-refractivity contribution in [2.75, 3.05) is 0 Å². The molecule has 2 aromatic carbocycles. The predicted molar refractivity (Wildman–Crippen MR) is 81.6 cm³/mol. The van der Waals surface area contributed by atoms with Gasteiger partial charge in [-0.05, 0) is 34.9 Å². The number of rotatable bonds is 4. The van der Waals surface area contributed by atoms with E-state index >= 15 is 0 Å². The molecular weight excluding hydrogens is 246 g/mol. The summed E-state index contributed by atoms with van der Waals surface area (Å²) in [6, 6.07) is 20.4. The van der Waals surface area contributed by atoms with Crippen LogP contribution in [0.5, 0.6) is 0 Å². The molecule has 2 heteroatoms. The predicted octanol–water partition coefficient (Wildman–Crippen LogP) is 3.38. The molecule has 1 aromatic heterocycles. The van der Waals surface area contributed by atoms with Crippen LogP contribution in [0.15, 0.2) is 66.9 Å². The van der Waals surface area contributed by atoms with E-state index in [1.165, 1.54) is 10.8 Å². The molecule has 0 fully saturated rings. The van der Waals surface area contributed by atoms with E-state index in [9.17, 15) is 5.11 Å². The van der Waals surface area contributed by atoms with Crippen molar-refractivity contribution in [1.29, 1.82) is 0 Å². The van der Waals surface area contributed by atoms with Crippen LogP contribution in [-0.2, 0) is 12.8 Å². The molecule has 20 heavy (non-hydrogen) atoms. The molecular formula is C18H17NO. The van der Waals surface area contributed by atoms with Crippen LogP contribution in [0.3, 0.4) is 0 Å². The number of nitrogens with zero attached hydrogens (tertiary/aromatic N) is 1. The number of hydrogen-bond acceptors (Lipinski definition) is 2. The van der Waals surface area contributed by atoms with Crippen molar-refractivity contribution in [3.63, 3.8) is 0 Å². The first kappa shape index (κ1) is 12.8. The summed E-state index contributed by atoms with van der Waals surface area (Å²) in [7, 11) is 0. The Labute approximate surface area is 118 Å². The molecule has 0 aliphatic rings. The highest BCUT2D eigenvalue weighted by Gasteiger charge is 2.08. The van der Waals surface area contributed by atoms with Gasteiger partial charge in [0, 0.05) is 18.3 Å². The lowest BCUT2D eigenvalue weighted by Crippen LogP contribution is -2.14. The lowest BCUT2D eigenvalue weighted by Gasteiger charge is -2.11. The van der Waals surface area contributed by atoms with Gasteiger partial charge in [-0.2, -0.15) is 0 Å². The Kier molecular flexibility index (Phi) is 3.75. The maximum Gasteiger partial charge on any atom is 0.0635 e. The van der Waals surface area contributed by atoms with Crippen LogP contribution in [0.2, 0.25) is 0 Å². The molecule has 1 unspecified atom stereocenters. The molecule has 0 bridgehead atoms. The van der Waals surface area contributed by atoms with Crippen molar-refractivity contribution < 1.29 is 5.11 Å². The highest BCUT2D eigenvalue weighted by molar-refractivity contribution is 5.82. The van der Waals surface area contributed by atoms with Gasteiger partial charge in [0.1, 0.15) is 0 Å². The number of hydrogen-bond donors (Lipinski definition) is 1. The van der Waals surface area contributed by atoms with Crippen molar-refractivity contribution in [3.05, 3.63) is 78.1 Å². The Morgan fingerprint density at radius 3 is 2.45 bits per heavy atom. The molecule has 1 heterocycles. The zero-order valence-corrected chi connectivity index (χ0v) is 11.2. The molecule has 1 N–H and O–H groups in total. The van der Waals surface area contributed by atoms with Crippen LogP contribution in [0.4, 0.5) is 0 Å². The van der Waals surface area contributed by atoms with Crippen molar-refractivity contribution in [1.82, 2.24) is 4.98 Å². The number of benzene rings is 2. The highest BCUT2D eigenvalue weighted by Crippen LogP contribution is 2.17. The standard InChI is InChI=1S/C18H17NO/c20-18(13-17-7-3-4-10-19-17)12-14-8-9-15-5-1-2-6-16(15)11-14/h1-11,18,20H,12-13H2. The summed E-state index contributed by atoms with van der Waals surface area (Å²) in [5, 5.41) is 12.6. The van der Waals surface area contributed by atoms with E-state index in [1.54, 1.807) is 6.20 Å². The van der Waals surface area contributed by atoms with Crippen LogP contribution in [0, 0.1) is 0 Å². The zero-order chi connectivity index (χ0) is 13.8. The van der Waals surface area contributed by atoms with Gasteiger partial charge < -0.3 is 5.11 Å². The largest absolute Gasteiger partial charge is 0.392 e. The van der Waals surface area contributed by atoms with E-state index in [-0.39, 0.29) is 0 Å². The maximum absolute atomic E-state index is 10.2. The van der Waals surface area contributed by atoms with Gasteiger partial charge in [0.05, 0.1) is 6.10 Å². The van der Waals surface area contributed by atoms with Gasteiger partial charge in [-0.1, -0.05) is 48.5 Å².